The van der Waals surface area contributed by atoms with Gasteiger partial charge in [0.25, 0.3) is 10.0 Å². The molecule has 1 rings (SSSR count). The molecule has 0 aliphatic carbocycles. The molecule has 88 valence electrons. The number of hydrogen-bond acceptors (Lipinski definition) is 5. The van der Waals surface area contributed by atoms with Gasteiger partial charge in [-0.15, -0.1) is 0 Å². The molecule has 0 fully saturated rings. The first-order chi connectivity index (χ1) is 7.36. The number of hydrogen-bond donors (Lipinski definition) is 3. The minimum Gasteiger partial charge on any atom is -0.495 e. The van der Waals surface area contributed by atoms with E-state index < -0.39 is 16.1 Å². The summed E-state index contributed by atoms with van der Waals surface area (Å²) in [6.07, 6.45) is 0. The van der Waals surface area contributed by atoms with Crippen molar-refractivity contribution in [3.63, 3.8) is 0 Å². The molecular formula is C8H11N3O4S. The highest BCUT2D eigenvalue weighted by Crippen LogP contribution is 2.25. The first-order valence-electron chi connectivity index (χ1n) is 4.12. The summed E-state index contributed by atoms with van der Waals surface area (Å²) in [4.78, 5) is 10.3. The van der Waals surface area contributed by atoms with Gasteiger partial charge in [0, 0.05) is 5.69 Å². The summed E-state index contributed by atoms with van der Waals surface area (Å²) < 4.78 is 29.7. The topological polar surface area (TPSA) is 125 Å². The van der Waals surface area contributed by atoms with Crippen molar-refractivity contribution in [1.29, 1.82) is 0 Å². The van der Waals surface area contributed by atoms with Gasteiger partial charge in [0.15, 0.2) is 0 Å². The molecule has 0 unspecified atom stereocenters. The molecule has 7 nitrogen and oxygen atoms in total. The van der Waals surface area contributed by atoms with Crippen LogP contribution < -0.4 is 20.9 Å². The molecule has 0 bridgehead atoms. The largest absolute Gasteiger partial charge is 0.495 e. The van der Waals surface area contributed by atoms with Crippen molar-refractivity contribution in [1.82, 2.24) is 4.72 Å². The lowest BCUT2D eigenvalue weighted by Gasteiger charge is -2.09. The molecule has 0 saturated heterocycles. The van der Waals surface area contributed by atoms with E-state index in [9.17, 15) is 13.2 Å². The van der Waals surface area contributed by atoms with E-state index in [2.05, 4.69) is 0 Å². The van der Waals surface area contributed by atoms with Crippen LogP contribution in [0.5, 0.6) is 5.75 Å². The normalized spacial score (nSPS) is 10.8. The predicted octanol–water partition coefficient (Wildman–Crippen LogP) is -0.366. The van der Waals surface area contributed by atoms with Gasteiger partial charge in [0.1, 0.15) is 10.6 Å². The molecule has 1 aromatic rings. The Hall–Kier alpha value is -1.96. The molecule has 0 spiro atoms. The molecule has 5 N–H and O–H groups in total. The number of rotatable bonds is 3. The highest BCUT2D eigenvalue weighted by atomic mass is 32.2. The van der Waals surface area contributed by atoms with Gasteiger partial charge in [-0.1, -0.05) is 0 Å². The number of nitrogens with one attached hydrogen (secondary N) is 1. The van der Waals surface area contributed by atoms with Crippen LogP contribution in [0.3, 0.4) is 0 Å². The van der Waals surface area contributed by atoms with E-state index >= 15 is 0 Å². The standard InChI is InChI=1S/C8H11N3O4S/c1-15-6-3-2-5(9)4-7(6)16(13,14)11-8(10)12/h2-4H,9H2,1H3,(H3,10,11,12). The van der Waals surface area contributed by atoms with Crippen molar-refractivity contribution in [2.45, 2.75) is 4.90 Å². The smallest absolute Gasteiger partial charge is 0.326 e. The number of nitrogen functional groups attached to an aromatic ring is 1. The Morgan fingerprint density at radius 2 is 2.06 bits per heavy atom. The van der Waals surface area contributed by atoms with Crippen LogP contribution in [0.1, 0.15) is 0 Å². The highest BCUT2D eigenvalue weighted by Gasteiger charge is 2.21. The molecule has 0 radical (unpaired) electrons. The van der Waals surface area contributed by atoms with Crippen molar-refractivity contribution in [2.24, 2.45) is 5.73 Å². The second kappa shape index (κ2) is 4.27. The van der Waals surface area contributed by atoms with Gasteiger partial charge >= 0.3 is 6.03 Å². The maximum Gasteiger partial charge on any atom is 0.326 e. The first-order valence-corrected chi connectivity index (χ1v) is 5.61. The number of urea groups is 1. The Morgan fingerprint density at radius 3 is 2.56 bits per heavy atom. The van der Waals surface area contributed by atoms with Gasteiger partial charge in [0.05, 0.1) is 7.11 Å². The number of primary amides is 1. The van der Waals surface area contributed by atoms with Crippen LogP contribution >= 0.6 is 0 Å². The Morgan fingerprint density at radius 1 is 1.44 bits per heavy atom. The number of benzene rings is 1. The van der Waals surface area contributed by atoms with Gasteiger partial charge in [-0.2, -0.15) is 0 Å². The molecule has 16 heavy (non-hydrogen) atoms. The van der Waals surface area contributed by atoms with Crippen LogP contribution in [0.4, 0.5) is 10.5 Å². The fourth-order valence-electron chi connectivity index (χ4n) is 1.09. The third-order valence-electron chi connectivity index (χ3n) is 1.71. The summed E-state index contributed by atoms with van der Waals surface area (Å²) in [6, 6.07) is 2.85. The number of anilines is 1. The zero-order valence-corrected chi connectivity index (χ0v) is 9.24. The molecule has 1 aromatic carbocycles. The molecule has 0 atom stereocenters. The predicted molar refractivity (Wildman–Crippen MR) is 57.3 cm³/mol. The molecule has 0 saturated carbocycles. The number of sulfonamides is 1. The summed E-state index contributed by atoms with van der Waals surface area (Å²) in [5, 5.41) is 0. The van der Waals surface area contributed by atoms with Crippen LogP contribution in [-0.2, 0) is 10.0 Å². The van der Waals surface area contributed by atoms with Gasteiger partial charge in [0.2, 0.25) is 0 Å². The minimum atomic E-state index is -4.05. The van der Waals surface area contributed by atoms with Gasteiger partial charge in [-0.05, 0) is 18.2 Å². The average Bonchev–Trinajstić information content (AvgIpc) is 2.15. The molecule has 0 aliphatic rings. The Balaban J connectivity index is 3.31. The number of nitrogens with two attached hydrogens (primary N) is 2. The fourth-order valence-corrected chi connectivity index (χ4v) is 2.17. The fraction of sp³-hybridized carbons (Fsp3) is 0.125. The average molecular weight is 245 g/mol. The summed E-state index contributed by atoms with van der Waals surface area (Å²) in [5.41, 5.74) is 10.4. The van der Waals surface area contributed by atoms with Crippen molar-refractivity contribution in [3.8, 4) is 5.75 Å². The highest BCUT2D eigenvalue weighted by molar-refractivity contribution is 7.90. The summed E-state index contributed by atoms with van der Waals surface area (Å²) in [7, 11) is -2.75. The number of amides is 2. The van der Waals surface area contributed by atoms with E-state index in [0.717, 1.165) is 0 Å². The number of ether oxygens (including phenoxy) is 1. The Labute approximate surface area is 92.4 Å². The van der Waals surface area contributed by atoms with Crippen LogP contribution in [0.25, 0.3) is 0 Å². The third-order valence-corrected chi connectivity index (χ3v) is 3.08. The summed E-state index contributed by atoms with van der Waals surface area (Å²) in [5.74, 6) is 0.0722. The Kier molecular flexibility index (Phi) is 3.23. The van der Waals surface area contributed by atoms with Crippen LogP contribution in [0.2, 0.25) is 0 Å². The molecule has 0 aliphatic heterocycles. The van der Waals surface area contributed by atoms with Crippen molar-refractivity contribution in [2.75, 3.05) is 12.8 Å². The van der Waals surface area contributed by atoms with Gasteiger partial charge in [-0.25, -0.2) is 17.9 Å². The van der Waals surface area contributed by atoms with E-state index in [1.165, 1.54) is 25.3 Å². The molecule has 2 amide bonds. The zero-order valence-electron chi connectivity index (χ0n) is 8.43. The zero-order chi connectivity index (χ0) is 12.3. The monoisotopic (exact) mass is 245 g/mol. The molecule has 0 aromatic heterocycles. The van der Waals surface area contributed by atoms with E-state index in [1.807, 2.05) is 0 Å². The maximum atomic E-state index is 11.6. The lowest BCUT2D eigenvalue weighted by Crippen LogP contribution is -2.35. The number of methoxy groups -OCH3 is 1. The van der Waals surface area contributed by atoms with E-state index in [0.29, 0.717) is 0 Å². The van der Waals surface area contributed by atoms with Crippen LogP contribution in [0, 0.1) is 0 Å². The molecule has 8 heteroatoms. The Bertz CT molecular complexity index is 512. The second-order valence-electron chi connectivity index (χ2n) is 2.88. The second-order valence-corrected chi connectivity index (χ2v) is 4.53. The lowest BCUT2D eigenvalue weighted by molar-refractivity contribution is 0.253. The van der Waals surface area contributed by atoms with Crippen LogP contribution in [-0.4, -0.2) is 21.6 Å². The summed E-state index contributed by atoms with van der Waals surface area (Å²) >= 11 is 0. The first kappa shape index (κ1) is 12.1. The quantitative estimate of drug-likeness (QED) is 0.627. The van der Waals surface area contributed by atoms with E-state index in [1.54, 1.807) is 4.72 Å². The van der Waals surface area contributed by atoms with Crippen molar-refractivity contribution in [3.05, 3.63) is 18.2 Å². The lowest BCUT2D eigenvalue weighted by atomic mass is 10.3. The van der Waals surface area contributed by atoms with Crippen molar-refractivity contribution >= 4 is 21.7 Å². The van der Waals surface area contributed by atoms with Gasteiger partial charge in [-0.3, -0.25) is 0 Å². The van der Waals surface area contributed by atoms with Gasteiger partial charge < -0.3 is 16.2 Å². The van der Waals surface area contributed by atoms with E-state index in [4.69, 9.17) is 16.2 Å². The minimum absolute atomic E-state index is 0.0722. The molecule has 0 heterocycles. The van der Waals surface area contributed by atoms with Crippen LogP contribution in [0.15, 0.2) is 23.1 Å². The summed E-state index contributed by atoms with van der Waals surface area (Å²) in [6.45, 7) is 0. The number of carbonyl (C=O) groups is 1. The van der Waals surface area contributed by atoms with E-state index in [-0.39, 0.29) is 16.3 Å². The maximum absolute atomic E-state index is 11.6. The van der Waals surface area contributed by atoms with Crippen molar-refractivity contribution < 1.29 is 17.9 Å². The third kappa shape index (κ3) is 2.54. The SMILES string of the molecule is COc1ccc(N)cc1S(=O)(=O)NC(N)=O. The number of carbonyl (C=O) groups excluding carboxylic acids is 1. The molecular weight excluding hydrogens is 234 g/mol.